The number of amides is 1. The van der Waals surface area contributed by atoms with E-state index in [0.29, 0.717) is 11.3 Å². The van der Waals surface area contributed by atoms with Crippen LogP contribution in [0.15, 0.2) is 30.3 Å². The van der Waals surface area contributed by atoms with Crippen LogP contribution in [-0.2, 0) is 23.9 Å². The molecule has 0 fully saturated rings. The summed E-state index contributed by atoms with van der Waals surface area (Å²) in [4.78, 5) is 35.6. The Hall–Kier alpha value is -2.83. The third-order valence-electron chi connectivity index (χ3n) is 2.88. The summed E-state index contributed by atoms with van der Waals surface area (Å²) in [5.74, 6) is -1.77. The minimum absolute atomic E-state index is 0.0850. The summed E-state index contributed by atoms with van der Waals surface area (Å²) < 4.78 is 14.7. The number of carbonyl (C=O) groups excluding carboxylic acids is 3. The predicted molar refractivity (Wildman–Crippen MR) is 87.2 cm³/mol. The Balaban J connectivity index is 2.82. The summed E-state index contributed by atoms with van der Waals surface area (Å²) in [6.45, 7) is 3.37. The summed E-state index contributed by atoms with van der Waals surface area (Å²) in [7, 11) is 1.52. The molecule has 0 saturated carbocycles. The molecule has 0 unspecified atom stereocenters. The molecule has 130 valence electrons. The molecule has 1 aromatic carbocycles. The van der Waals surface area contributed by atoms with Crippen molar-refractivity contribution < 1.29 is 28.6 Å². The minimum atomic E-state index is -1.50. The van der Waals surface area contributed by atoms with Gasteiger partial charge >= 0.3 is 11.9 Å². The van der Waals surface area contributed by atoms with Crippen LogP contribution in [0.2, 0.25) is 0 Å². The zero-order valence-electron chi connectivity index (χ0n) is 13.9. The van der Waals surface area contributed by atoms with E-state index in [1.54, 1.807) is 38.1 Å². The average molecular weight is 335 g/mol. The van der Waals surface area contributed by atoms with E-state index in [2.05, 4.69) is 5.32 Å². The maximum atomic E-state index is 12.0. The van der Waals surface area contributed by atoms with Gasteiger partial charge in [-0.25, -0.2) is 9.59 Å². The minimum Gasteiger partial charge on any atom is -0.496 e. The van der Waals surface area contributed by atoms with Gasteiger partial charge in [-0.1, -0.05) is 18.2 Å². The quantitative estimate of drug-likeness (QED) is 0.438. The number of carbonyl (C=O) groups is 3. The zero-order chi connectivity index (χ0) is 17.9. The number of ether oxygens (including phenoxy) is 3. The molecule has 0 spiro atoms. The van der Waals surface area contributed by atoms with Crippen molar-refractivity contribution in [1.82, 2.24) is 5.32 Å². The third kappa shape index (κ3) is 5.75. The first-order valence-corrected chi connectivity index (χ1v) is 7.48. The van der Waals surface area contributed by atoms with E-state index in [9.17, 15) is 14.4 Å². The molecule has 0 saturated heterocycles. The van der Waals surface area contributed by atoms with Crippen LogP contribution in [0, 0.1) is 0 Å². The first-order chi connectivity index (χ1) is 11.5. The topological polar surface area (TPSA) is 90.9 Å². The number of methoxy groups -OCH3 is 1. The van der Waals surface area contributed by atoms with Crippen molar-refractivity contribution in [1.29, 1.82) is 0 Å². The number of hydrogen-bond acceptors (Lipinski definition) is 6. The Morgan fingerprint density at radius 1 is 1.08 bits per heavy atom. The molecule has 0 radical (unpaired) electrons. The van der Waals surface area contributed by atoms with Gasteiger partial charge in [0, 0.05) is 11.6 Å². The fraction of sp³-hybridized carbons (Fsp3) is 0.353. The third-order valence-corrected chi connectivity index (χ3v) is 2.88. The lowest BCUT2D eigenvalue weighted by Gasteiger charge is -2.14. The van der Waals surface area contributed by atoms with Gasteiger partial charge in [0.1, 0.15) is 5.75 Å². The lowest BCUT2D eigenvalue weighted by molar-refractivity contribution is -0.159. The highest BCUT2D eigenvalue weighted by molar-refractivity contribution is 6.04. The van der Waals surface area contributed by atoms with E-state index >= 15 is 0 Å². The fourth-order valence-corrected chi connectivity index (χ4v) is 1.83. The molecule has 1 N–H and O–H groups in total. The van der Waals surface area contributed by atoms with Crippen molar-refractivity contribution in [2.45, 2.75) is 19.9 Å². The second-order valence-corrected chi connectivity index (χ2v) is 4.52. The van der Waals surface area contributed by atoms with Gasteiger partial charge < -0.3 is 19.5 Å². The van der Waals surface area contributed by atoms with Crippen LogP contribution in [0.1, 0.15) is 19.4 Å². The Morgan fingerprint density at radius 2 is 1.67 bits per heavy atom. The molecule has 0 aliphatic rings. The smallest absolute Gasteiger partial charge is 0.340 e. The molecule has 1 amide bonds. The molecule has 24 heavy (non-hydrogen) atoms. The van der Waals surface area contributed by atoms with Crippen LogP contribution in [-0.4, -0.2) is 44.2 Å². The number of esters is 2. The number of para-hydroxylation sites is 1. The molecule has 1 aromatic rings. The number of rotatable bonds is 8. The van der Waals surface area contributed by atoms with Gasteiger partial charge in [0.25, 0.3) is 0 Å². The lowest BCUT2D eigenvalue weighted by Crippen LogP contribution is -2.47. The van der Waals surface area contributed by atoms with E-state index in [0.717, 1.165) is 0 Å². The molecule has 0 aliphatic carbocycles. The monoisotopic (exact) mass is 335 g/mol. The Labute approximate surface area is 140 Å². The maximum absolute atomic E-state index is 12.0. The second kappa shape index (κ2) is 10.0. The summed E-state index contributed by atoms with van der Waals surface area (Å²) in [6.07, 6.45) is 2.71. The Bertz CT molecular complexity index is 593. The standard InChI is InChI=1S/C17H21NO6/c1-4-23-16(20)15(17(21)24-5-2)18-14(19)11-10-12-8-6-7-9-13(12)22-3/h6-11,15H,4-5H2,1-3H3,(H,18,19)/b11-10+. The van der Waals surface area contributed by atoms with E-state index in [1.165, 1.54) is 19.3 Å². The molecule has 0 atom stereocenters. The highest BCUT2D eigenvalue weighted by atomic mass is 16.6. The van der Waals surface area contributed by atoms with Crippen LogP contribution >= 0.6 is 0 Å². The number of hydrogen-bond donors (Lipinski definition) is 1. The van der Waals surface area contributed by atoms with Gasteiger partial charge in [-0.05, 0) is 26.0 Å². The van der Waals surface area contributed by atoms with E-state index in [4.69, 9.17) is 14.2 Å². The summed E-state index contributed by atoms with van der Waals surface area (Å²) in [5, 5.41) is 2.28. The van der Waals surface area contributed by atoms with Crippen molar-refractivity contribution >= 4 is 23.9 Å². The molecule has 7 nitrogen and oxygen atoms in total. The second-order valence-electron chi connectivity index (χ2n) is 4.52. The largest absolute Gasteiger partial charge is 0.496 e. The van der Waals surface area contributed by atoms with Crippen LogP contribution in [0.25, 0.3) is 6.08 Å². The highest BCUT2D eigenvalue weighted by Gasteiger charge is 2.30. The van der Waals surface area contributed by atoms with Crippen LogP contribution in [0.3, 0.4) is 0 Å². The predicted octanol–water partition coefficient (Wildman–Crippen LogP) is 1.32. The maximum Gasteiger partial charge on any atom is 0.340 e. The molecule has 0 aliphatic heterocycles. The first kappa shape index (κ1) is 19.2. The lowest BCUT2D eigenvalue weighted by atomic mass is 10.2. The van der Waals surface area contributed by atoms with Crippen LogP contribution in [0.5, 0.6) is 5.75 Å². The summed E-state index contributed by atoms with van der Waals surface area (Å²) in [5.41, 5.74) is 0.680. The van der Waals surface area contributed by atoms with Crippen molar-refractivity contribution in [3.05, 3.63) is 35.9 Å². The Kier molecular flexibility index (Phi) is 8.04. The van der Waals surface area contributed by atoms with Crippen molar-refractivity contribution in [2.24, 2.45) is 0 Å². The van der Waals surface area contributed by atoms with Crippen LogP contribution in [0.4, 0.5) is 0 Å². The van der Waals surface area contributed by atoms with Crippen LogP contribution < -0.4 is 10.1 Å². The first-order valence-electron chi connectivity index (χ1n) is 7.48. The van der Waals surface area contributed by atoms with Gasteiger partial charge in [-0.3, -0.25) is 4.79 Å². The summed E-state index contributed by atoms with van der Waals surface area (Å²) >= 11 is 0. The van der Waals surface area contributed by atoms with Gasteiger partial charge in [0.15, 0.2) is 0 Å². The molecule has 1 rings (SSSR count). The molecule has 7 heteroatoms. The molecular weight excluding hydrogens is 314 g/mol. The normalized spacial score (nSPS) is 10.5. The molecule has 0 aromatic heterocycles. The van der Waals surface area contributed by atoms with Gasteiger partial charge in [0.2, 0.25) is 11.9 Å². The SMILES string of the molecule is CCOC(=O)C(NC(=O)/C=C/c1ccccc1OC)C(=O)OCC. The van der Waals surface area contributed by atoms with E-state index in [1.807, 2.05) is 0 Å². The number of benzene rings is 1. The average Bonchev–Trinajstić information content (AvgIpc) is 2.58. The zero-order valence-corrected chi connectivity index (χ0v) is 13.9. The molecule has 0 bridgehead atoms. The Morgan fingerprint density at radius 3 is 2.21 bits per heavy atom. The molecular formula is C17H21NO6. The van der Waals surface area contributed by atoms with Gasteiger partial charge in [-0.2, -0.15) is 0 Å². The fourth-order valence-electron chi connectivity index (χ4n) is 1.83. The van der Waals surface area contributed by atoms with Crippen molar-refractivity contribution in [3.63, 3.8) is 0 Å². The summed E-state index contributed by atoms with van der Waals surface area (Å²) in [6, 6.07) is 5.60. The van der Waals surface area contributed by atoms with E-state index in [-0.39, 0.29) is 13.2 Å². The number of nitrogens with one attached hydrogen (secondary N) is 1. The van der Waals surface area contributed by atoms with Crippen molar-refractivity contribution in [3.8, 4) is 5.75 Å². The van der Waals surface area contributed by atoms with Gasteiger partial charge in [0.05, 0.1) is 20.3 Å². The van der Waals surface area contributed by atoms with Gasteiger partial charge in [-0.15, -0.1) is 0 Å². The highest BCUT2D eigenvalue weighted by Crippen LogP contribution is 2.18. The van der Waals surface area contributed by atoms with Crippen molar-refractivity contribution in [2.75, 3.05) is 20.3 Å². The van der Waals surface area contributed by atoms with E-state index < -0.39 is 23.9 Å². The molecule has 0 heterocycles.